The number of benzene rings is 1. The van der Waals surface area contributed by atoms with Gasteiger partial charge < -0.3 is 15.6 Å². The van der Waals surface area contributed by atoms with Crippen LogP contribution in [0, 0.1) is 0 Å². The third kappa shape index (κ3) is 2.49. The molecule has 13 heavy (non-hydrogen) atoms. The Balaban J connectivity index is 2.89. The van der Waals surface area contributed by atoms with Crippen molar-refractivity contribution in [2.75, 3.05) is 13.7 Å². The van der Waals surface area contributed by atoms with E-state index in [1.807, 2.05) is 18.2 Å². The van der Waals surface area contributed by atoms with Crippen molar-refractivity contribution in [3.05, 3.63) is 29.8 Å². The highest BCUT2D eigenvalue weighted by molar-refractivity contribution is 5.55. The Kier molecular flexibility index (Phi) is 3.34. The van der Waals surface area contributed by atoms with E-state index in [2.05, 4.69) is 0 Å². The maximum absolute atomic E-state index is 9.40. The number of hydrogen-bond donors (Lipinski definition) is 2. The zero-order valence-corrected chi connectivity index (χ0v) is 7.53. The Labute approximate surface area is 77.4 Å². The topological polar surface area (TPSA) is 55.5 Å². The van der Waals surface area contributed by atoms with Crippen LogP contribution >= 0.6 is 0 Å². The van der Waals surface area contributed by atoms with E-state index in [0.29, 0.717) is 12.3 Å². The minimum Gasteiger partial charge on any atom is -0.504 e. The normalized spacial score (nSPS) is 10.6. The van der Waals surface area contributed by atoms with Crippen LogP contribution < -0.4 is 10.5 Å². The molecule has 70 valence electrons. The van der Waals surface area contributed by atoms with Gasteiger partial charge >= 0.3 is 0 Å². The molecule has 3 heteroatoms. The molecule has 3 nitrogen and oxygen atoms in total. The first-order valence-electron chi connectivity index (χ1n) is 4.01. The fourth-order valence-electron chi connectivity index (χ4n) is 1.01. The van der Waals surface area contributed by atoms with Crippen LogP contribution in [0.25, 0.3) is 6.08 Å². The first-order chi connectivity index (χ1) is 6.27. The van der Waals surface area contributed by atoms with Crippen LogP contribution in [-0.4, -0.2) is 18.8 Å². The summed E-state index contributed by atoms with van der Waals surface area (Å²) in [6.45, 7) is 0.493. The molecule has 3 N–H and O–H groups in total. The van der Waals surface area contributed by atoms with E-state index >= 15 is 0 Å². The van der Waals surface area contributed by atoms with Gasteiger partial charge in [0.05, 0.1) is 7.11 Å². The fraction of sp³-hybridized carbons (Fsp3) is 0.200. The van der Waals surface area contributed by atoms with Crippen molar-refractivity contribution in [3.63, 3.8) is 0 Å². The number of rotatable bonds is 3. The lowest BCUT2D eigenvalue weighted by Crippen LogP contribution is -1.92. The van der Waals surface area contributed by atoms with Crippen molar-refractivity contribution in [2.45, 2.75) is 0 Å². The van der Waals surface area contributed by atoms with Gasteiger partial charge in [0.15, 0.2) is 11.5 Å². The Hall–Kier alpha value is -1.48. The summed E-state index contributed by atoms with van der Waals surface area (Å²) in [5.41, 5.74) is 6.20. The van der Waals surface area contributed by atoms with Crippen LogP contribution in [0.5, 0.6) is 11.5 Å². The second-order valence-corrected chi connectivity index (χ2v) is 2.57. The molecule has 0 aliphatic heterocycles. The molecule has 0 heterocycles. The van der Waals surface area contributed by atoms with Crippen molar-refractivity contribution in [3.8, 4) is 11.5 Å². The predicted octanol–water partition coefficient (Wildman–Crippen LogP) is 1.37. The van der Waals surface area contributed by atoms with E-state index in [1.54, 1.807) is 12.1 Å². The molecule has 0 aliphatic rings. The van der Waals surface area contributed by atoms with Gasteiger partial charge in [0.1, 0.15) is 0 Å². The molecule has 0 atom stereocenters. The highest BCUT2D eigenvalue weighted by atomic mass is 16.5. The zero-order chi connectivity index (χ0) is 9.68. The van der Waals surface area contributed by atoms with Gasteiger partial charge in [-0.1, -0.05) is 18.2 Å². The molecule has 1 aromatic rings. The van der Waals surface area contributed by atoms with Gasteiger partial charge in [0.25, 0.3) is 0 Å². The monoisotopic (exact) mass is 179 g/mol. The lowest BCUT2D eigenvalue weighted by atomic mass is 10.2. The number of phenols is 1. The van der Waals surface area contributed by atoms with Gasteiger partial charge in [-0.25, -0.2) is 0 Å². The highest BCUT2D eigenvalue weighted by Gasteiger charge is 1.99. The van der Waals surface area contributed by atoms with E-state index in [1.165, 1.54) is 7.11 Å². The Morgan fingerprint density at radius 3 is 2.85 bits per heavy atom. The summed E-state index contributed by atoms with van der Waals surface area (Å²) in [7, 11) is 1.52. The Morgan fingerprint density at radius 1 is 1.54 bits per heavy atom. The molecule has 0 aliphatic carbocycles. The second-order valence-electron chi connectivity index (χ2n) is 2.57. The molecule has 1 rings (SSSR count). The van der Waals surface area contributed by atoms with Gasteiger partial charge in [0, 0.05) is 6.54 Å². The third-order valence-corrected chi connectivity index (χ3v) is 1.65. The van der Waals surface area contributed by atoms with E-state index < -0.39 is 0 Å². The standard InChI is InChI=1S/C10H13NO2/c1-13-10-5-4-8(3-2-6-11)7-9(10)12/h2-5,7,12H,6,11H2,1H3. The minimum atomic E-state index is 0.140. The van der Waals surface area contributed by atoms with Crippen molar-refractivity contribution >= 4 is 6.08 Å². The summed E-state index contributed by atoms with van der Waals surface area (Å²) in [6, 6.07) is 5.20. The quantitative estimate of drug-likeness (QED) is 0.736. The third-order valence-electron chi connectivity index (χ3n) is 1.65. The second kappa shape index (κ2) is 4.52. The summed E-state index contributed by atoms with van der Waals surface area (Å²) >= 11 is 0. The number of methoxy groups -OCH3 is 1. The smallest absolute Gasteiger partial charge is 0.160 e. The average molecular weight is 179 g/mol. The van der Waals surface area contributed by atoms with Crippen molar-refractivity contribution in [1.29, 1.82) is 0 Å². The number of ether oxygens (including phenoxy) is 1. The number of phenolic OH excluding ortho intramolecular Hbond substituents is 1. The van der Waals surface area contributed by atoms with Gasteiger partial charge in [-0.15, -0.1) is 0 Å². The van der Waals surface area contributed by atoms with Crippen molar-refractivity contribution in [1.82, 2.24) is 0 Å². The van der Waals surface area contributed by atoms with Gasteiger partial charge in [-0.3, -0.25) is 0 Å². The Bertz CT molecular complexity index is 308. The Morgan fingerprint density at radius 2 is 2.31 bits per heavy atom. The molecule has 0 aromatic heterocycles. The van der Waals surface area contributed by atoms with Crippen LogP contribution in [0.2, 0.25) is 0 Å². The lowest BCUT2D eigenvalue weighted by molar-refractivity contribution is 0.373. The molecule has 0 bridgehead atoms. The lowest BCUT2D eigenvalue weighted by Gasteiger charge is -2.02. The maximum atomic E-state index is 9.40. The highest BCUT2D eigenvalue weighted by Crippen LogP contribution is 2.26. The fourth-order valence-corrected chi connectivity index (χ4v) is 1.01. The molecular weight excluding hydrogens is 166 g/mol. The van der Waals surface area contributed by atoms with Crippen LogP contribution in [0.4, 0.5) is 0 Å². The van der Waals surface area contributed by atoms with Gasteiger partial charge in [-0.05, 0) is 17.7 Å². The molecule has 0 saturated heterocycles. The molecule has 1 aromatic carbocycles. The van der Waals surface area contributed by atoms with E-state index in [-0.39, 0.29) is 5.75 Å². The van der Waals surface area contributed by atoms with E-state index in [4.69, 9.17) is 10.5 Å². The molecule has 0 unspecified atom stereocenters. The molecule has 0 radical (unpaired) electrons. The summed E-state index contributed by atoms with van der Waals surface area (Å²) < 4.78 is 4.91. The summed E-state index contributed by atoms with van der Waals surface area (Å²) in [6.07, 6.45) is 3.67. The van der Waals surface area contributed by atoms with Crippen molar-refractivity contribution in [2.24, 2.45) is 5.73 Å². The number of aromatic hydroxyl groups is 1. The summed E-state index contributed by atoms with van der Waals surface area (Å²) in [4.78, 5) is 0. The van der Waals surface area contributed by atoms with Gasteiger partial charge in [-0.2, -0.15) is 0 Å². The molecule has 0 amide bonds. The van der Waals surface area contributed by atoms with Crippen LogP contribution in [-0.2, 0) is 0 Å². The van der Waals surface area contributed by atoms with E-state index in [0.717, 1.165) is 5.56 Å². The van der Waals surface area contributed by atoms with Crippen LogP contribution in [0.3, 0.4) is 0 Å². The number of nitrogens with two attached hydrogens (primary N) is 1. The number of hydrogen-bond acceptors (Lipinski definition) is 3. The predicted molar refractivity (Wildman–Crippen MR) is 52.7 cm³/mol. The SMILES string of the molecule is COc1ccc(C=CCN)cc1O. The largest absolute Gasteiger partial charge is 0.504 e. The molecular formula is C10H13NO2. The first-order valence-corrected chi connectivity index (χ1v) is 4.01. The first kappa shape index (κ1) is 9.61. The molecule has 0 spiro atoms. The van der Waals surface area contributed by atoms with Crippen molar-refractivity contribution < 1.29 is 9.84 Å². The maximum Gasteiger partial charge on any atom is 0.160 e. The zero-order valence-electron chi connectivity index (χ0n) is 7.53. The molecule has 0 saturated carbocycles. The molecule has 0 fully saturated rings. The summed E-state index contributed by atoms with van der Waals surface area (Å²) in [5, 5.41) is 9.40. The summed E-state index contributed by atoms with van der Waals surface area (Å²) in [5.74, 6) is 0.617. The van der Waals surface area contributed by atoms with E-state index in [9.17, 15) is 5.11 Å². The average Bonchev–Trinajstić information content (AvgIpc) is 2.15. The van der Waals surface area contributed by atoms with Crippen LogP contribution in [0.15, 0.2) is 24.3 Å². The van der Waals surface area contributed by atoms with Crippen LogP contribution in [0.1, 0.15) is 5.56 Å². The van der Waals surface area contributed by atoms with Gasteiger partial charge in [0.2, 0.25) is 0 Å². The minimum absolute atomic E-state index is 0.140.